The second-order valence-electron chi connectivity index (χ2n) is 3.95. The van der Waals surface area contributed by atoms with Crippen LogP contribution in [-0.2, 0) is 4.79 Å². The topological polar surface area (TPSA) is 42.0 Å². The fourth-order valence-corrected chi connectivity index (χ4v) is 3.02. The minimum atomic E-state index is -0.0475. The maximum Gasteiger partial charge on any atom is 0.236 e. The van der Waals surface area contributed by atoms with Gasteiger partial charge in [-0.15, -0.1) is 23.1 Å². The molecule has 0 radical (unpaired) electrons. The lowest BCUT2D eigenvalue weighted by Gasteiger charge is -2.02. The molecule has 1 aromatic carbocycles. The predicted molar refractivity (Wildman–Crippen MR) is 82.4 cm³/mol. The van der Waals surface area contributed by atoms with Gasteiger partial charge in [0, 0.05) is 14.8 Å². The second kappa shape index (κ2) is 6.41. The van der Waals surface area contributed by atoms with Crippen LogP contribution in [0.2, 0.25) is 5.02 Å². The van der Waals surface area contributed by atoms with Crippen molar-refractivity contribution in [3.05, 3.63) is 39.9 Å². The standard InChI is InChI=1S/C13H13ClN2OS2/c1-8-9(2)19-13(15-8)16-12(17)7-18-11-5-3-10(14)4-6-11/h3-6H,7H2,1-2H3,(H,15,16,17). The number of nitrogens with one attached hydrogen (secondary N) is 1. The van der Waals surface area contributed by atoms with Gasteiger partial charge in [0.1, 0.15) is 0 Å². The summed E-state index contributed by atoms with van der Waals surface area (Å²) in [5, 5.41) is 4.17. The fraction of sp³-hybridized carbons (Fsp3) is 0.231. The summed E-state index contributed by atoms with van der Waals surface area (Å²) in [6.07, 6.45) is 0. The highest BCUT2D eigenvalue weighted by molar-refractivity contribution is 8.00. The van der Waals surface area contributed by atoms with Crippen molar-refractivity contribution < 1.29 is 4.79 Å². The predicted octanol–water partition coefficient (Wildman–Crippen LogP) is 4.14. The Morgan fingerprint density at radius 1 is 1.37 bits per heavy atom. The first-order valence-electron chi connectivity index (χ1n) is 5.67. The largest absolute Gasteiger partial charge is 0.301 e. The third-order valence-corrected chi connectivity index (χ3v) is 4.71. The van der Waals surface area contributed by atoms with Gasteiger partial charge in [-0.3, -0.25) is 4.79 Å². The average Bonchev–Trinajstić information content (AvgIpc) is 2.67. The van der Waals surface area contributed by atoms with Crippen molar-refractivity contribution in [1.82, 2.24) is 4.98 Å². The quantitative estimate of drug-likeness (QED) is 0.863. The molecule has 2 aromatic rings. The number of nitrogens with zero attached hydrogens (tertiary/aromatic N) is 1. The zero-order valence-electron chi connectivity index (χ0n) is 10.6. The molecule has 3 nitrogen and oxygen atoms in total. The van der Waals surface area contributed by atoms with E-state index in [0.29, 0.717) is 15.9 Å². The molecular weight excluding hydrogens is 300 g/mol. The summed E-state index contributed by atoms with van der Waals surface area (Å²) in [6.45, 7) is 3.93. The Bertz CT molecular complexity index is 561. The Morgan fingerprint density at radius 2 is 2.05 bits per heavy atom. The molecule has 0 fully saturated rings. The Hall–Kier alpha value is -1.04. The van der Waals surface area contributed by atoms with E-state index in [0.717, 1.165) is 15.5 Å². The molecule has 0 aliphatic carbocycles. The number of rotatable bonds is 4. The van der Waals surface area contributed by atoms with Crippen LogP contribution < -0.4 is 5.32 Å². The highest BCUT2D eigenvalue weighted by Gasteiger charge is 2.08. The first kappa shape index (κ1) is 14.4. The van der Waals surface area contributed by atoms with Crippen molar-refractivity contribution in [2.75, 3.05) is 11.1 Å². The molecule has 0 aliphatic heterocycles. The molecule has 19 heavy (non-hydrogen) atoms. The number of aryl methyl sites for hydroxylation is 2. The molecule has 6 heteroatoms. The summed E-state index contributed by atoms with van der Waals surface area (Å²) in [7, 11) is 0. The van der Waals surface area contributed by atoms with Crippen LogP contribution in [0.15, 0.2) is 29.2 Å². The van der Waals surface area contributed by atoms with Gasteiger partial charge in [-0.25, -0.2) is 4.98 Å². The number of aromatic nitrogens is 1. The van der Waals surface area contributed by atoms with Gasteiger partial charge in [-0.2, -0.15) is 0 Å². The van der Waals surface area contributed by atoms with Crippen molar-refractivity contribution in [3.8, 4) is 0 Å². The summed E-state index contributed by atoms with van der Waals surface area (Å²) in [5.74, 6) is 0.313. The van der Waals surface area contributed by atoms with E-state index in [-0.39, 0.29) is 5.91 Å². The van der Waals surface area contributed by atoms with Gasteiger partial charge in [0.25, 0.3) is 0 Å². The minimum Gasteiger partial charge on any atom is -0.301 e. The van der Waals surface area contributed by atoms with Crippen LogP contribution in [0.3, 0.4) is 0 Å². The van der Waals surface area contributed by atoms with Crippen molar-refractivity contribution in [3.63, 3.8) is 0 Å². The van der Waals surface area contributed by atoms with Gasteiger partial charge in [0.2, 0.25) is 5.91 Å². The van der Waals surface area contributed by atoms with Crippen LogP contribution in [0.25, 0.3) is 0 Å². The van der Waals surface area contributed by atoms with E-state index in [4.69, 9.17) is 11.6 Å². The third-order valence-electron chi connectivity index (χ3n) is 2.46. The summed E-state index contributed by atoms with van der Waals surface area (Å²) in [4.78, 5) is 18.2. The van der Waals surface area contributed by atoms with E-state index in [1.165, 1.54) is 23.1 Å². The smallest absolute Gasteiger partial charge is 0.236 e. The number of amides is 1. The Labute approximate surface area is 125 Å². The van der Waals surface area contributed by atoms with Crippen molar-refractivity contribution in [1.29, 1.82) is 0 Å². The van der Waals surface area contributed by atoms with E-state index in [2.05, 4.69) is 10.3 Å². The first-order chi connectivity index (χ1) is 9.04. The Morgan fingerprint density at radius 3 is 2.63 bits per heavy atom. The molecule has 2 rings (SSSR count). The molecule has 1 amide bonds. The molecule has 0 atom stereocenters. The summed E-state index contributed by atoms with van der Waals surface area (Å²) in [6, 6.07) is 7.43. The van der Waals surface area contributed by atoms with Crippen LogP contribution in [-0.4, -0.2) is 16.6 Å². The molecule has 0 saturated carbocycles. The van der Waals surface area contributed by atoms with Crippen molar-refractivity contribution >= 4 is 45.7 Å². The van der Waals surface area contributed by atoms with Crippen LogP contribution in [0.5, 0.6) is 0 Å². The molecule has 1 aromatic heterocycles. The van der Waals surface area contributed by atoms with Crippen molar-refractivity contribution in [2.24, 2.45) is 0 Å². The van der Waals surface area contributed by atoms with Gasteiger partial charge in [-0.1, -0.05) is 11.6 Å². The van der Waals surface area contributed by atoms with Crippen LogP contribution in [0.1, 0.15) is 10.6 Å². The maximum atomic E-state index is 11.8. The first-order valence-corrected chi connectivity index (χ1v) is 7.85. The van der Waals surface area contributed by atoms with E-state index >= 15 is 0 Å². The lowest BCUT2D eigenvalue weighted by Crippen LogP contribution is -2.13. The Balaban J connectivity index is 1.86. The van der Waals surface area contributed by atoms with E-state index < -0.39 is 0 Å². The normalized spacial score (nSPS) is 10.5. The highest BCUT2D eigenvalue weighted by atomic mass is 35.5. The average molecular weight is 313 g/mol. The zero-order chi connectivity index (χ0) is 13.8. The summed E-state index contributed by atoms with van der Waals surface area (Å²) in [5.41, 5.74) is 0.964. The number of carbonyl (C=O) groups is 1. The van der Waals surface area contributed by atoms with Crippen molar-refractivity contribution in [2.45, 2.75) is 18.7 Å². The molecular formula is C13H13ClN2OS2. The maximum absolute atomic E-state index is 11.8. The van der Waals surface area contributed by atoms with Gasteiger partial charge < -0.3 is 5.32 Å². The SMILES string of the molecule is Cc1nc(NC(=O)CSc2ccc(Cl)cc2)sc1C. The minimum absolute atomic E-state index is 0.0475. The van der Waals surface area contributed by atoms with Gasteiger partial charge in [0.15, 0.2) is 5.13 Å². The third kappa shape index (κ3) is 4.23. The second-order valence-corrected chi connectivity index (χ2v) is 6.64. The molecule has 0 saturated heterocycles. The Kier molecular flexibility index (Phi) is 4.85. The summed E-state index contributed by atoms with van der Waals surface area (Å²) >= 11 is 8.77. The number of hydrogen-bond acceptors (Lipinski definition) is 4. The molecule has 100 valence electrons. The summed E-state index contributed by atoms with van der Waals surface area (Å²) < 4.78 is 0. The number of carbonyl (C=O) groups excluding carboxylic acids is 1. The molecule has 0 unspecified atom stereocenters. The van der Waals surface area contributed by atoms with Crippen LogP contribution in [0, 0.1) is 13.8 Å². The fourth-order valence-electron chi connectivity index (χ4n) is 1.36. The highest BCUT2D eigenvalue weighted by Crippen LogP contribution is 2.23. The van der Waals surface area contributed by atoms with E-state index in [9.17, 15) is 4.79 Å². The molecule has 0 bridgehead atoms. The van der Waals surface area contributed by atoms with E-state index in [1.807, 2.05) is 38.1 Å². The molecule has 1 N–H and O–H groups in total. The number of thioether (sulfide) groups is 1. The number of thiazole rings is 1. The number of halogens is 1. The lowest BCUT2D eigenvalue weighted by molar-refractivity contribution is -0.113. The monoisotopic (exact) mass is 312 g/mol. The number of benzene rings is 1. The van der Waals surface area contributed by atoms with Gasteiger partial charge in [-0.05, 0) is 38.1 Å². The zero-order valence-corrected chi connectivity index (χ0v) is 13.0. The molecule has 1 heterocycles. The number of hydrogen-bond donors (Lipinski definition) is 1. The van der Waals surface area contributed by atoms with Crippen LogP contribution >= 0.6 is 34.7 Å². The van der Waals surface area contributed by atoms with Crippen LogP contribution in [0.4, 0.5) is 5.13 Å². The molecule has 0 aliphatic rings. The van der Waals surface area contributed by atoms with Gasteiger partial charge >= 0.3 is 0 Å². The van der Waals surface area contributed by atoms with E-state index in [1.54, 1.807) is 0 Å². The lowest BCUT2D eigenvalue weighted by atomic mass is 10.4. The molecule has 0 spiro atoms. The van der Waals surface area contributed by atoms with Gasteiger partial charge in [0.05, 0.1) is 11.4 Å². The number of anilines is 1.